The van der Waals surface area contributed by atoms with Crippen LogP contribution in [0.5, 0.6) is 0 Å². The standard InChI is InChI=1S/C16H16FNO/c1-11-6-4-7-13(10-11)18(3)15-9-5-8-14(17)16(15)12(2)19/h4-10H,1-3H3. The Balaban J connectivity index is 2.53. The molecule has 0 aliphatic carbocycles. The normalized spacial score (nSPS) is 10.3. The third kappa shape index (κ3) is 2.65. The van der Waals surface area contributed by atoms with Gasteiger partial charge in [-0.15, -0.1) is 0 Å². The van der Waals surface area contributed by atoms with Gasteiger partial charge < -0.3 is 4.90 Å². The summed E-state index contributed by atoms with van der Waals surface area (Å²) in [4.78, 5) is 13.4. The molecule has 2 rings (SSSR count). The summed E-state index contributed by atoms with van der Waals surface area (Å²) in [5.74, 6) is -0.753. The first-order chi connectivity index (χ1) is 9.00. The Hall–Kier alpha value is -2.16. The van der Waals surface area contributed by atoms with Crippen LogP contribution in [0, 0.1) is 12.7 Å². The Morgan fingerprint density at radius 1 is 1.16 bits per heavy atom. The number of aryl methyl sites for hydroxylation is 1. The van der Waals surface area contributed by atoms with E-state index in [1.54, 1.807) is 12.1 Å². The van der Waals surface area contributed by atoms with Crippen molar-refractivity contribution >= 4 is 17.2 Å². The van der Waals surface area contributed by atoms with E-state index in [4.69, 9.17) is 0 Å². The Bertz CT molecular complexity index is 622. The summed E-state index contributed by atoms with van der Waals surface area (Å²) >= 11 is 0. The molecule has 0 bridgehead atoms. The first kappa shape index (κ1) is 13.3. The van der Waals surface area contributed by atoms with Crippen molar-refractivity contribution in [3.8, 4) is 0 Å². The summed E-state index contributed by atoms with van der Waals surface area (Å²) in [5, 5.41) is 0. The second-order valence-electron chi connectivity index (χ2n) is 4.59. The maximum atomic E-state index is 13.8. The summed E-state index contributed by atoms with van der Waals surface area (Å²) in [7, 11) is 1.83. The molecule has 0 aromatic heterocycles. The van der Waals surface area contributed by atoms with E-state index in [0.29, 0.717) is 5.69 Å². The highest BCUT2D eigenvalue weighted by Crippen LogP contribution is 2.29. The van der Waals surface area contributed by atoms with Crippen LogP contribution >= 0.6 is 0 Å². The van der Waals surface area contributed by atoms with Crippen LogP contribution in [-0.4, -0.2) is 12.8 Å². The van der Waals surface area contributed by atoms with Gasteiger partial charge >= 0.3 is 0 Å². The highest BCUT2D eigenvalue weighted by Gasteiger charge is 2.16. The van der Waals surface area contributed by atoms with Gasteiger partial charge in [0.05, 0.1) is 11.3 Å². The molecule has 2 nitrogen and oxygen atoms in total. The van der Waals surface area contributed by atoms with Crippen LogP contribution in [-0.2, 0) is 0 Å². The third-order valence-corrected chi connectivity index (χ3v) is 3.09. The number of anilines is 2. The molecule has 0 aliphatic rings. The quantitative estimate of drug-likeness (QED) is 0.771. The minimum absolute atomic E-state index is 0.131. The third-order valence-electron chi connectivity index (χ3n) is 3.09. The number of hydrogen-bond donors (Lipinski definition) is 0. The molecule has 3 heteroatoms. The number of carbonyl (C=O) groups excluding carboxylic acids is 1. The molecule has 2 aromatic rings. The smallest absolute Gasteiger partial charge is 0.164 e. The Morgan fingerprint density at radius 2 is 1.84 bits per heavy atom. The Morgan fingerprint density at radius 3 is 2.47 bits per heavy atom. The first-order valence-corrected chi connectivity index (χ1v) is 6.10. The van der Waals surface area contributed by atoms with Crippen LogP contribution in [0.4, 0.5) is 15.8 Å². The second kappa shape index (κ2) is 5.22. The van der Waals surface area contributed by atoms with Crippen LogP contribution in [0.2, 0.25) is 0 Å². The van der Waals surface area contributed by atoms with Gasteiger partial charge in [0, 0.05) is 12.7 Å². The summed E-state index contributed by atoms with van der Waals surface area (Å²) < 4.78 is 13.8. The van der Waals surface area contributed by atoms with E-state index >= 15 is 0 Å². The van der Waals surface area contributed by atoms with E-state index < -0.39 is 5.82 Å². The maximum Gasteiger partial charge on any atom is 0.164 e. The molecule has 0 radical (unpaired) electrons. The Kier molecular flexibility index (Phi) is 3.65. The lowest BCUT2D eigenvalue weighted by atomic mass is 10.1. The second-order valence-corrected chi connectivity index (χ2v) is 4.59. The molecule has 0 saturated carbocycles. The fraction of sp³-hybridized carbons (Fsp3) is 0.188. The number of nitrogens with zero attached hydrogens (tertiary/aromatic N) is 1. The molecule has 0 spiro atoms. The lowest BCUT2D eigenvalue weighted by Crippen LogP contribution is -2.14. The molecular formula is C16H16FNO. The van der Waals surface area contributed by atoms with Gasteiger partial charge in [-0.2, -0.15) is 0 Å². The monoisotopic (exact) mass is 257 g/mol. The zero-order chi connectivity index (χ0) is 14.0. The predicted molar refractivity (Wildman–Crippen MR) is 75.6 cm³/mol. The molecule has 0 fully saturated rings. The van der Waals surface area contributed by atoms with Crippen molar-refractivity contribution in [1.82, 2.24) is 0 Å². The number of hydrogen-bond acceptors (Lipinski definition) is 2. The summed E-state index contributed by atoms with van der Waals surface area (Å²) in [6.07, 6.45) is 0. The number of rotatable bonds is 3. The van der Waals surface area contributed by atoms with Crippen LogP contribution in [0.25, 0.3) is 0 Å². The van der Waals surface area contributed by atoms with Gasteiger partial charge in [0.1, 0.15) is 5.82 Å². The minimum atomic E-state index is -0.482. The van der Waals surface area contributed by atoms with Crippen LogP contribution in [0.15, 0.2) is 42.5 Å². The van der Waals surface area contributed by atoms with E-state index in [0.717, 1.165) is 11.3 Å². The molecule has 98 valence electrons. The fourth-order valence-corrected chi connectivity index (χ4v) is 2.12. The molecule has 19 heavy (non-hydrogen) atoms. The van der Waals surface area contributed by atoms with Gasteiger partial charge in [-0.1, -0.05) is 18.2 Å². The average molecular weight is 257 g/mol. The Labute approximate surface area is 112 Å². The SMILES string of the molecule is CC(=O)c1c(F)cccc1N(C)c1cccc(C)c1. The van der Waals surface area contributed by atoms with E-state index in [-0.39, 0.29) is 11.3 Å². The van der Waals surface area contributed by atoms with Crippen molar-refractivity contribution < 1.29 is 9.18 Å². The number of carbonyl (C=O) groups is 1. The molecule has 0 unspecified atom stereocenters. The van der Waals surface area contributed by atoms with E-state index in [9.17, 15) is 9.18 Å². The number of ketones is 1. The van der Waals surface area contributed by atoms with Gasteiger partial charge in [-0.3, -0.25) is 4.79 Å². The average Bonchev–Trinajstić information content (AvgIpc) is 2.37. The zero-order valence-electron chi connectivity index (χ0n) is 11.3. The van der Waals surface area contributed by atoms with Crippen molar-refractivity contribution in [3.63, 3.8) is 0 Å². The van der Waals surface area contributed by atoms with Crippen molar-refractivity contribution in [2.24, 2.45) is 0 Å². The minimum Gasteiger partial charge on any atom is -0.344 e. The van der Waals surface area contributed by atoms with E-state index in [2.05, 4.69) is 0 Å². The van der Waals surface area contributed by atoms with Crippen LogP contribution in [0.1, 0.15) is 22.8 Å². The molecular weight excluding hydrogens is 241 g/mol. The largest absolute Gasteiger partial charge is 0.344 e. The van der Waals surface area contributed by atoms with Crippen molar-refractivity contribution in [1.29, 1.82) is 0 Å². The topological polar surface area (TPSA) is 20.3 Å². The van der Waals surface area contributed by atoms with Crippen molar-refractivity contribution in [2.45, 2.75) is 13.8 Å². The highest BCUT2D eigenvalue weighted by atomic mass is 19.1. The molecule has 0 aliphatic heterocycles. The van der Waals surface area contributed by atoms with Gasteiger partial charge in [-0.05, 0) is 43.7 Å². The van der Waals surface area contributed by atoms with E-state index in [1.807, 2.05) is 43.1 Å². The lowest BCUT2D eigenvalue weighted by molar-refractivity contribution is 0.101. The van der Waals surface area contributed by atoms with Crippen molar-refractivity contribution in [2.75, 3.05) is 11.9 Å². The summed E-state index contributed by atoms with van der Waals surface area (Å²) in [6.45, 7) is 3.38. The molecule has 0 N–H and O–H groups in total. The van der Waals surface area contributed by atoms with Crippen molar-refractivity contribution in [3.05, 3.63) is 59.4 Å². The fourth-order valence-electron chi connectivity index (χ4n) is 2.12. The van der Waals surface area contributed by atoms with Crippen LogP contribution < -0.4 is 4.90 Å². The highest BCUT2D eigenvalue weighted by molar-refractivity contribution is 6.00. The molecule has 2 aromatic carbocycles. The lowest BCUT2D eigenvalue weighted by Gasteiger charge is -2.22. The van der Waals surface area contributed by atoms with Gasteiger partial charge in [0.2, 0.25) is 0 Å². The maximum absolute atomic E-state index is 13.8. The summed E-state index contributed by atoms with van der Waals surface area (Å²) in [6, 6.07) is 12.5. The predicted octanol–water partition coefficient (Wildman–Crippen LogP) is 4.10. The van der Waals surface area contributed by atoms with Crippen LogP contribution in [0.3, 0.4) is 0 Å². The van der Waals surface area contributed by atoms with E-state index in [1.165, 1.54) is 13.0 Å². The van der Waals surface area contributed by atoms with Gasteiger partial charge in [-0.25, -0.2) is 4.39 Å². The number of benzene rings is 2. The zero-order valence-corrected chi connectivity index (χ0v) is 11.3. The molecule has 0 amide bonds. The number of halogens is 1. The molecule has 0 saturated heterocycles. The van der Waals surface area contributed by atoms with Gasteiger partial charge in [0.15, 0.2) is 5.78 Å². The molecule has 0 heterocycles. The van der Waals surface area contributed by atoms with Gasteiger partial charge in [0.25, 0.3) is 0 Å². The number of Topliss-reactive ketones (excluding diaryl/α,β-unsaturated/α-hetero) is 1. The molecule has 0 atom stereocenters. The first-order valence-electron chi connectivity index (χ1n) is 6.10. The summed E-state index contributed by atoms with van der Waals surface area (Å²) in [5.41, 5.74) is 2.75.